The van der Waals surface area contributed by atoms with Crippen molar-refractivity contribution in [2.24, 2.45) is 0 Å². The van der Waals surface area contributed by atoms with Gasteiger partial charge in [-0.1, -0.05) is 0 Å². The van der Waals surface area contributed by atoms with Crippen molar-refractivity contribution in [1.29, 1.82) is 0 Å². The molecule has 0 aromatic carbocycles. The second kappa shape index (κ2) is 2.80. The summed E-state index contributed by atoms with van der Waals surface area (Å²) in [5.41, 5.74) is 1.61. The number of aromatic nitrogens is 1. The minimum absolute atomic E-state index is 0.453. The third-order valence-corrected chi connectivity index (χ3v) is 2.06. The molecule has 66 valence electrons. The highest BCUT2D eigenvalue weighted by atomic mass is 16.5. The Morgan fingerprint density at radius 1 is 1.46 bits per heavy atom. The third-order valence-electron chi connectivity index (χ3n) is 2.06. The van der Waals surface area contributed by atoms with Crippen LogP contribution in [0.1, 0.15) is 5.56 Å². The van der Waals surface area contributed by atoms with Crippen molar-refractivity contribution in [3.05, 3.63) is 53.6 Å². The van der Waals surface area contributed by atoms with Crippen LogP contribution in [-0.4, -0.2) is 16.7 Å². The van der Waals surface area contributed by atoms with Gasteiger partial charge >= 0.3 is 0 Å². The van der Waals surface area contributed by atoms with Gasteiger partial charge in [-0.3, -0.25) is 4.98 Å². The molecule has 1 atom stereocenters. The number of rotatable bonds is 1. The van der Waals surface area contributed by atoms with Crippen LogP contribution in [0.15, 0.2) is 42.9 Å². The van der Waals surface area contributed by atoms with Crippen LogP contribution < -0.4 is 0 Å². The highest BCUT2D eigenvalue weighted by Crippen LogP contribution is 2.28. The molecule has 1 aliphatic heterocycles. The van der Waals surface area contributed by atoms with Crippen molar-refractivity contribution in [2.45, 2.75) is 0 Å². The third kappa shape index (κ3) is 1.39. The maximum Gasteiger partial charge on any atom is 0.146 e. The Kier molecular flexibility index (Phi) is 1.76. The van der Waals surface area contributed by atoms with Gasteiger partial charge in [0.05, 0.1) is 12.6 Å². The lowest BCUT2D eigenvalue weighted by atomic mass is 10.2. The molecule has 0 amide bonds. The molecular weight excluding hydrogens is 164 g/mol. The fourth-order valence-electron chi connectivity index (χ4n) is 1.39. The quantitative estimate of drug-likeness (QED) is 0.481. The summed E-state index contributed by atoms with van der Waals surface area (Å²) in [6, 6.07) is 3.72. The van der Waals surface area contributed by atoms with Crippen molar-refractivity contribution in [3.63, 3.8) is 0 Å². The van der Waals surface area contributed by atoms with Crippen molar-refractivity contribution in [2.75, 3.05) is 7.05 Å². The molecular formula is C10H10N2O. The van der Waals surface area contributed by atoms with Gasteiger partial charge in [0, 0.05) is 18.5 Å². The molecule has 2 rings (SSSR count). The van der Waals surface area contributed by atoms with E-state index in [-0.39, 0.29) is 0 Å². The Bertz CT molecular complexity index is 366. The second-order valence-corrected chi connectivity index (χ2v) is 3.13. The number of hydrogen-bond donors (Lipinski definition) is 0. The van der Waals surface area contributed by atoms with E-state index in [9.17, 15) is 5.21 Å². The lowest BCUT2D eigenvalue weighted by Crippen LogP contribution is -2.26. The van der Waals surface area contributed by atoms with Gasteiger partial charge in [0.2, 0.25) is 0 Å². The van der Waals surface area contributed by atoms with E-state index in [1.807, 2.05) is 18.2 Å². The average molecular weight is 174 g/mol. The standard InChI is InChI=1S/C10H10N2O/c1-12(13)7-3-5-10(12)9-4-2-6-11-8-9/h2-8H,1H3. The molecule has 1 aromatic heterocycles. The molecule has 0 N–H and O–H groups in total. The summed E-state index contributed by atoms with van der Waals surface area (Å²) in [6.45, 7) is 0. The highest BCUT2D eigenvalue weighted by Gasteiger charge is 2.20. The monoisotopic (exact) mass is 174 g/mol. The topological polar surface area (TPSA) is 36.0 Å². The Hall–Kier alpha value is -1.45. The SMILES string of the molecule is C[N+]1([O-])C=CC=C1c1cccnc1. The largest absolute Gasteiger partial charge is 0.622 e. The Balaban J connectivity index is 2.40. The lowest BCUT2D eigenvalue weighted by molar-refractivity contribution is -0.726. The summed E-state index contributed by atoms with van der Waals surface area (Å²) in [4.78, 5) is 3.98. The van der Waals surface area contributed by atoms with Gasteiger partial charge in [-0.2, -0.15) is 0 Å². The molecule has 0 radical (unpaired) electrons. The molecule has 0 aliphatic carbocycles. The first kappa shape index (κ1) is 8.16. The lowest BCUT2D eigenvalue weighted by Gasteiger charge is -2.33. The molecule has 0 spiro atoms. The van der Waals surface area contributed by atoms with Gasteiger partial charge in [-0.15, -0.1) is 0 Å². The maximum atomic E-state index is 11.8. The van der Waals surface area contributed by atoms with Gasteiger partial charge < -0.3 is 9.85 Å². The predicted octanol–water partition coefficient (Wildman–Crippen LogP) is 1.89. The van der Waals surface area contributed by atoms with Crippen molar-refractivity contribution in [3.8, 4) is 0 Å². The molecule has 1 unspecified atom stereocenters. The Morgan fingerprint density at radius 2 is 2.31 bits per heavy atom. The number of allylic oxidation sites excluding steroid dienone is 2. The fourth-order valence-corrected chi connectivity index (χ4v) is 1.39. The van der Waals surface area contributed by atoms with Crippen molar-refractivity contribution < 1.29 is 4.65 Å². The first-order valence-corrected chi connectivity index (χ1v) is 4.08. The molecule has 3 heteroatoms. The Morgan fingerprint density at radius 3 is 2.85 bits per heavy atom. The van der Waals surface area contributed by atoms with E-state index < -0.39 is 4.65 Å². The summed E-state index contributed by atoms with van der Waals surface area (Å²) < 4.78 is -0.453. The normalized spacial score (nSPS) is 26.2. The first-order chi connectivity index (χ1) is 6.20. The van der Waals surface area contributed by atoms with Crippen molar-refractivity contribution in [1.82, 2.24) is 4.98 Å². The molecule has 0 bridgehead atoms. The average Bonchev–Trinajstić information content (AvgIpc) is 2.47. The zero-order valence-corrected chi connectivity index (χ0v) is 7.34. The minimum Gasteiger partial charge on any atom is -0.622 e. The number of quaternary nitrogens is 1. The minimum atomic E-state index is -0.453. The van der Waals surface area contributed by atoms with Crippen LogP contribution in [0, 0.1) is 5.21 Å². The zero-order chi connectivity index (χ0) is 9.31. The number of pyridine rings is 1. The molecule has 2 heterocycles. The van der Waals surface area contributed by atoms with Crippen LogP contribution in [0.25, 0.3) is 5.70 Å². The molecule has 1 aliphatic rings. The van der Waals surface area contributed by atoms with E-state index in [0.29, 0.717) is 0 Å². The smallest absolute Gasteiger partial charge is 0.146 e. The van der Waals surface area contributed by atoms with E-state index in [4.69, 9.17) is 0 Å². The second-order valence-electron chi connectivity index (χ2n) is 3.13. The van der Waals surface area contributed by atoms with Gasteiger partial charge in [-0.25, -0.2) is 0 Å². The molecule has 0 saturated heterocycles. The molecule has 13 heavy (non-hydrogen) atoms. The summed E-state index contributed by atoms with van der Waals surface area (Å²) >= 11 is 0. The fraction of sp³-hybridized carbons (Fsp3) is 0.100. The summed E-state index contributed by atoms with van der Waals surface area (Å²) in [5, 5.41) is 11.8. The van der Waals surface area contributed by atoms with Crippen molar-refractivity contribution >= 4 is 5.70 Å². The van der Waals surface area contributed by atoms with E-state index in [0.717, 1.165) is 11.3 Å². The number of hydroxylamine groups is 3. The zero-order valence-electron chi connectivity index (χ0n) is 7.34. The van der Waals surface area contributed by atoms with Crippen LogP contribution in [0.5, 0.6) is 0 Å². The molecule has 3 nitrogen and oxygen atoms in total. The highest BCUT2D eigenvalue weighted by molar-refractivity contribution is 5.62. The summed E-state index contributed by atoms with van der Waals surface area (Å²) in [6.07, 6.45) is 8.59. The summed E-state index contributed by atoms with van der Waals surface area (Å²) in [5.74, 6) is 0. The van der Waals surface area contributed by atoms with E-state index >= 15 is 0 Å². The summed E-state index contributed by atoms with van der Waals surface area (Å²) in [7, 11) is 1.60. The van der Waals surface area contributed by atoms with Crippen LogP contribution in [-0.2, 0) is 0 Å². The van der Waals surface area contributed by atoms with Crippen LogP contribution >= 0.6 is 0 Å². The van der Waals surface area contributed by atoms with Gasteiger partial charge in [0.25, 0.3) is 0 Å². The van der Waals surface area contributed by atoms with Crippen LogP contribution in [0.4, 0.5) is 0 Å². The number of hydrogen-bond acceptors (Lipinski definition) is 2. The predicted molar refractivity (Wildman–Crippen MR) is 50.9 cm³/mol. The molecule has 0 fully saturated rings. The van der Waals surface area contributed by atoms with Gasteiger partial charge in [0.15, 0.2) is 0 Å². The van der Waals surface area contributed by atoms with E-state index in [1.54, 1.807) is 31.7 Å². The maximum absolute atomic E-state index is 11.8. The van der Waals surface area contributed by atoms with E-state index in [1.165, 1.54) is 0 Å². The van der Waals surface area contributed by atoms with Crippen LogP contribution in [0.2, 0.25) is 0 Å². The first-order valence-electron chi connectivity index (χ1n) is 4.08. The molecule has 1 aromatic rings. The van der Waals surface area contributed by atoms with Gasteiger partial charge in [0.1, 0.15) is 11.9 Å². The number of nitrogens with zero attached hydrogens (tertiary/aromatic N) is 2. The Labute approximate surface area is 76.8 Å². The van der Waals surface area contributed by atoms with Crippen LogP contribution in [0.3, 0.4) is 0 Å². The van der Waals surface area contributed by atoms with Gasteiger partial charge in [-0.05, 0) is 18.2 Å². The molecule has 0 saturated carbocycles. The van der Waals surface area contributed by atoms with E-state index in [2.05, 4.69) is 4.98 Å².